The maximum absolute atomic E-state index is 13.6. The summed E-state index contributed by atoms with van der Waals surface area (Å²) in [5.41, 5.74) is 3.71. The van der Waals surface area contributed by atoms with E-state index in [-0.39, 0.29) is 17.9 Å². The summed E-state index contributed by atoms with van der Waals surface area (Å²) in [7, 11) is 0. The quantitative estimate of drug-likeness (QED) is 0.664. The van der Waals surface area contributed by atoms with Crippen molar-refractivity contribution in [3.05, 3.63) is 58.8 Å². The zero-order valence-electron chi connectivity index (χ0n) is 19.1. The molecule has 3 aromatic rings. The molecule has 8 nitrogen and oxygen atoms in total. The van der Waals surface area contributed by atoms with E-state index in [9.17, 15) is 9.59 Å². The zero-order chi connectivity index (χ0) is 22.9. The average Bonchev–Trinajstić information content (AvgIpc) is 3.20. The maximum atomic E-state index is 13.6. The number of piperidine rings is 1. The molecule has 0 saturated carbocycles. The lowest BCUT2D eigenvalue weighted by Gasteiger charge is -2.35. The van der Waals surface area contributed by atoms with Crippen LogP contribution in [0.3, 0.4) is 0 Å². The average molecular weight is 448 g/mol. The molecule has 33 heavy (non-hydrogen) atoms. The highest BCUT2D eigenvalue weighted by molar-refractivity contribution is 6.01. The van der Waals surface area contributed by atoms with E-state index in [2.05, 4.69) is 9.97 Å². The number of ether oxygens (including phenoxy) is 1. The predicted molar refractivity (Wildman–Crippen MR) is 124 cm³/mol. The lowest BCUT2D eigenvalue weighted by Crippen LogP contribution is -2.41. The van der Waals surface area contributed by atoms with E-state index in [1.54, 1.807) is 11.1 Å². The van der Waals surface area contributed by atoms with Crippen LogP contribution in [0.15, 0.2) is 30.5 Å². The van der Waals surface area contributed by atoms with E-state index in [0.29, 0.717) is 55.6 Å². The van der Waals surface area contributed by atoms with Crippen molar-refractivity contribution in [1.29, 1.82) is 0 Å². The molecule has 0 aliphatic carbocycles. The first-order chi connectivity index (χ1) is 16.0. The van der Waals surface area contributed by atoms with Crippen LogP contribution in [0.2, 0.25) is 0 Å². The largest absolute Gasteiger partial charge is 0.378 e. The van der Waals surface area contributed by atoms with Gasteiger partial charge in [0.25, 0.3) is 11.8 Å². The topological polar surface area (TPSA) is 91.4 Å². The molecular weight excluding hydrogens is 418 g/mol. The summed E-state index contributed by atoms with van der Waals surface area (Å²) < 4.78 is 5.35. The van der Waals surface area contributed by atoms with Crippen molar-refractivity contribution in [2.75, 3.05) is 32.8 Å². The Morgan fingerprint density at radius 3 is 2.61 bits per heavy atom. The van der Waals surface area contributed by atoms with Crippen LogP contribution in [0, 0.1) is 13.8 Å². The van der Waals surface area contributed by atoms with Crippen LogP contribution in [0.4, 0.5) is 0 Å². The van der Waals surface area contributed by atoms with E-state index >= 15 is 0 Å². The number of nitrogens with zero attached hydrogens (tertiary/aromatic N) is 4. The van der Waals surface area contributed by atoms with Gasteiger partial charge >= 0.3 is 0 Å². The third-order valence-electron chi connectivity index (χ3n) is 6.77. The number of carbonyl (C=O) groups excluding carboxylic acids is 2. The predicted octanol–water partition coefficient (Wildman–Crippen LogP) is 3.41. The summed E-state index contributed by atoms with van der Waals surface area (Å²) in [5.74, 6) is 0.517. The van der Waals surface area contributed by atoms with Gasteiger partial charge < -0.3 is 19.5 Å². The monoisotopic (exact) mass is 447 g/mol. The summed E-state index contributed by atoms with van der Waals surface area (Å²) >= 11 is 0. The molecule has 4 heterocycles. The second-order valence-corrected chi connectivity index (χ2v) is 8.81. The molecule has 2 amide bonds. The number of hydrogen-bond donors (Lipinski definition) is 1. The first-order valence-electron chi connectivity index (χ1n) is 11.6. The minimum Gasteiger partial charge on any atom is -0.378 e. The number of hydrogen-bond acceptors (Lipinski definition) is 5. The molecule has 1 N–H and O–H groups in total. The van der Waals surface area contributed by atoms with Gasteiger partial charge in [-0.2, -0.15) is 0 Å². The van der Waals surface area contributed by atoms with Crippen molar-refractivity contribution in [1.82, 2.24) is 24.8 Å². The van der Waals surface area contributed by atoms with Gasteiger partial charge in [0.15, 0.2) is 5.82 Å². The second-order valence-electron chi connectivity index (χ2n) is 8.81. The third kappa shape index (κ3) is 3.99. The number of fused-ring (bicyclic) bond motifs is 1. The number of aryl methyl sites for hydroxylation is 2. The molecule has 8 heteroatoms. The van der Waals surface area contributed by atoms with Gasteiger partial charge in [0.2, 0.25) is 0 Å². The number of H-pyrrole nitrogens is 1. The Bertz CT molecular complexity index is 1200. The highest BCUT2D eigenvalue weighted by Crippen LogP contribution is 2.32. The fourth-order valence-corrected chi connectivity index (χ4v) is 4.88. The number of rotatable bonds is 3. The van der Waals surface area contributed by atoms with Crippen LogP contribution in [-0.2, 0) is 4.74 Å². The molecule has 0 unspecified atom stereocenters. The highest BCUT2D eigenvalue weighted by Gasteiger charge is 2.33. The molecular formula is C25H29N5O3. The van der Waals surface area contributed by atoms with E-state index < -0.39 is 0 Å². The highest BCUT2D eigenvalue weighted by atomic mass is 16.5. The first-order valence-corrected chi connectivity index (χ1v) is 11.6. The standard InChI is InChI=1S/C25H29N5O3/c1-16-18-7-3-4-8-20(18)28-22(16)25(32)30-10-6-5-9-21(30)23-26-15-19(17(2)27-23)24(31)29-11-13-33-14-12-29/h3-4,7-8,15,21,28H,5-6,9-14H2,1-2H3/t21-/m0/s1. The van der Waals surface area contributed by atoms with Gasteiger partial charge in [-0.3, -0.25) is 9.59 Å². The molecule has 1 aromatic carbocycles. The van der Waals surface area contributed by atoms with Gasteiger partial charge in [-0.15, -0.1) is 0 Å². The normalized spacial score (nSPS) is 19.2. The number of morpholine rings is 1. The Labute approximate surface area is 193 Å². The first kappa shape index (κ1) is 21.6. The minimum atomic E-state index is -0.205. The van der Waals surface area contributed by atoms with Gasteiger partial charge in [-0.1, -0.05) is 18.2 Å². The number of aromatic amines is 1. The van der Waals surface area contributed by atoms with Crippen molar-refractivity contribution in [3.8, 4) is 0 Å². The van der Waals surface area contributed by atoms with Crippen LogP contribution in [0.25, 0.3) is 10.9 Å². The summed E-state index contributed by atoms with van der Waals surface area (Å²) in [6.45, 7) is 6.75. The number of amides is 2. The van der Waals surface area contributed by atoms with Crippen LogP contribution < -0.4 is 0 Å². The number of aromatic nitrogens is 3. The fourth-order valence-electron chi connectivity index (χ4n) is 4.88. The second kappa shape index (κ2) is 8.94. The van der Waals surface area contributed by atoms with Crippen molar-refractivity contribution >= 4 is 22.7 Å². The van der Waals surface area contributed by atoms with Crippen LogP contribution in [0.1, 0.15) is 63.2 Å². The summed E-state index contributed by atoms with van der Waals surface area (Å²) in [4.78, 5) is 42.8. The molecule has 5 rings (SSSR count). The number of benzene rings is 1. The molecule has 2 aliphatic rings. The van der Waals surface area contributed by atoms with E-state index in [0.717, 1.165) is 35.7 Å². The van der Waals surface area contributed by atoms with Gasteiger partial charge in [0.1, 0.15) is 5.69 Å². The van der Waals surface area contributed by atoms with Gasteiger partial charge in [0, 0.05) is 36.7 Å². The molecule has 0 radical (unpaired) electrons. The van der Waals surface area contributed by atoms with Crippen molar-refractivity contribution < 1.29 is 14.3 Å². The molecule has 2 aliphatic heterocycles. The van der Waals surface area contributed by atoms with Crippen molar-refractivity contribution in [2.24, 2.45) is 0 Å². The van der Waals surface area contributed by atoms with E-state index in [1.807, 2.05) is 43.0 Å². The van der Waals surface area contributed by atoms with Crippen molar-refractivity contribution in [3.63, 3.8) is 0 Å². The third-order valence-corrected chi connectivity index (χ3v) is 6.77. The summed E-state index contributed by atoms with van der Waals surface area (Å²) in [6.07, 6.45) is 4.40. The lowest BCUT2D eigenvalue weighted by molar-refractivity contribution is 0.0301. The Kier molecular flexibility index (Phi) is 5.85. The van der Waals surface area contributed by atoms with Crippen LogP contribution in [-0.4, -0.2) is 69.4 Å². The number of carbonyl (C=O) groups is 2. The maximum Gasteiger partial charge on any atom is 0.271 e. The number of nitrogens with one attached hydrogen (secondary N) is 1. The number of para-hydroxylation sites is 1. The summed E-state index contributed by atoms with van der Waals surface area (Å²) in [6, 6.07) is 7.76. The molecule has 0 spiro atoms. The Balaban J connectivity index is 1.42. The summed E-state index contributed by atoms with van der Waals surface area (Å²) in [5, 5.41) is 1.06. The molecule has 1 atom stereocenters. The zero-order valence-corrected chi connectivity index (χ0v) is 19.1. The fraction of sp³-hybridized carbons (Fsp3) is 0.440. The Morgan fingerprint density at radius 1 is 1.06 bits per heavy atom. The smallest absolute Gasteiger partial charge is 0.271 e. The van der Waals surface area contributed by atoms with Crippen LogP contribution >= 0.6 is 0 Å². The van der Waals surface area contributed by atoms with Gasteiger partial charge in [-0.25, -0.2) is 9.97 Å². The lowest BCUT2D eigenvalue weighted by atomic mass is 10.00. The van der Waals surface area contributed by atoms with Crippen LogP contribution in [0.5, 0.6) is 0 Å². The van der Waals surface area contributed by atoms with E-state index in [4.69, 9.17) is 9.72 Å². The minimum absolute atomic E-state index is 0.0249. The van der Waals surface area contributed by atoms with Gasteiger partial charge in [-0.05, 0) is 44.7 Å². The van der Waals surface area contributed by atoms with E-state index in [1.165, 1.54) is 0 Å². The van der Waals surface area contributed by atoms with Gasteiger partial charge in [0.05, 0.1) is 30.5 Å². The molecule has 2 aromatic heterocycles. The molecule has 0 bridgehead atoms. The number of likely N-dealkylation sites (tertiary alicyclic amines) is 1. The Hall–Kier alpha value is -3.26. The molecule has 2 fully saturated rings. The molecule has 2 saturated heterocycles. The molecule has 172 valence electrons. The Morgan fingerprint density at radius 2 is 1.85 bits per heavy atom. The van der Waals surface area contributed by atoms with Crippen molar-refractivity contribution in [2.45, 2.75) is 39.2 Å². The SMILES string of the molecule is Cc1nc([C@@H]2CCCCN2C(=O)c2[nH]c3ccccc3c2C)ncc1C(=O)N1CCOCC1.